The van der Waals surface area contributed by atoms with E-state index in [0.29, 0.717) is 5.56 Å². The SMILES string of the molecule is NC(=O)c1ccc(OC(F)F)c(F)c1-c1c(Cl)ccc2c1C(O)C(CNC1CCC1)(c1ccccc1)O2. The molecule has 0 radical (unpaired) electrons. The predicted molar refractivity (Wildman–Crippen MR) is 131 cm³/mol. The summed E-state index contributed by atoms with van der Waals surface area (Å²) >= 11 is 6.52. The molecule has 5 rings (SSSR count). The van der Waals surface area contributed by atoms with Crippen molar-refractivity contribution in [1.29, 1.82) is 0 Å². The van der Waals surface area contributed by atoms with Crippen molar-refractivity contribution in [2.24, 2.45) is 5.73 Å². The number of carbonyl (C=O) groups is 1. The van der Waals surface area contributed by atoms with E-state index in [1.54, 1.807) is 6.07 Å². The molecule has 194 valence electrons. The third kappa shape index (κ3) is 4.41. The summed E-state index contributed by atoms with van der Waals surface area (Å²) in [5.41, 5.74) is 4.13. The number of hydrogen-bond acceptors (Lipinski definition) is 5. The van der Waals surface area contributed by atoms with Gasteiger partial charge in [-0.05, 0) is 42.7 Å². The number of aliphatic hydroxyl groups excluding tert-OH is 1. The maximum Gasteiger partial charge on any atom is 0.387 e. The van der Waals surface area contributed by atoms with E-state index in [4.69, 9.17) is 22.1 Å². The van der Waals surface area contributed by atoms with Crippen molar-refractivity contribution in [1.82, 2.24) is 5.32 Å². The van der Waals surface area contributed by atoms with Crippen molar-refractivity contribution in [2.45, 2.75) is 43.6 Å². The fourth-order valence-corrected chi connectivity index (χ4v) is 5.21. The van der Waals surface area contributed by atoms with Gasteiger partial charge in [-0.3, -0.25) is 4.79 Å². The number of hydrogen-bond donors (Lipinski definition) is 3. The maximum atomic E-state index is 15.7. The molecule has 1 amide bonds. The molecule has 10 heteroatoms. The predicted octanol–water partition coefficient (Wildman–Crippen LogP) is 5.31. The largest absolute Gasteiger partial charge is 0.478 e. The number of rotatable bonds is 8. The number of nitrogens with one attached hydrogen (secondary N) is 1. The zero-order chi connectivity index (χ0) is 26.3. The molecule has 4 N–H and O–H groups in total. The molecule has 0 bridgehead atoms. The minimum atomic E-state index is -3.31. The quantitative estimate of drug-likeness (QED) is 0.365. The van der Waals surface area contributed by atoms with Crippen molar-refractivity contribution in [3.63, 3.8) is 0 Å². The third-order valence-corrected chi connectivity index (χ3v) is 7.34. The van der Waals surface area contributed by atoms with Crippen LogP contribution in [0, 0.1) is 5.82 Å². The zero-order valence-electron chi connectivity index (χ0n) is 19.5. The van der Waals surface area contributed by atoms with Gasteiger partial charge in [-0.15, -0.1) is 0 Å². The molecule has 0 spiro atoms. The van der Waals surface area contributed by atoms with Gasteiger partial charge in [0.15, 0.2) is 17.2 Å². The number of amides is 1. The first-order valence-electron chi connectivity index (χ1n) is 11.8. The molecule has 0 aromatic heterocycles. The van der Waals surface area contributed by atoms with Crippen LogP contribution in [0.3, 0.4) is 0 Å². The van der Waals surface area contributed by atoms with Crippen LogP contribution >= 0.6 is 11.6 Å². The fourth-order valence-electron chi connectivity index (χ4n) is 4.95. The summed E-state index contributed by atoms with van der Waals surface area (Å²) in [5.74, 6) is -2.86. The van der Waals surface area contributed by atoms with Crippen LogP contribution in [0.1, 0.15) is 46.9 Å². The number of benzene rings is 3. The van der Waals surface area contributed by atoms with Gasteiger partial charge in [-0.2, -0.15) is 8.78 Å². The van der Waals surface area contributed by atoms with Gasteiger partial charge < -0.3 is 25.6 Å². The van der Waals surface area contributed by atoms with Gasteiger partial charge >= 0.3 is 6.61 Å². The highest BCUT2D eigenvalue weighted by Gasteiger charge is 2.51. The maximum absolute atomic E-state index is 15.7. The first-order chi connectivity index (χ1) is 17.7. The summed E-state index contributed by atoms with van der Waals surface area (Å²) < 4.78 is 52.3. The molecule has 2 unspecified atom stereocenters. The molecule has 1 fully saturated rings. The summed E-state index contributed by atoms with van der Waals surface area (Å²) in [6.45, 7) is -3.08. The summed E-state index contributed by atoms with van der Waals surface area (Å²) in [6.07, 6.45) is 1.72. The number of halogens is 4. The van der Waals surface area contributed by atoms with Crippen molar-refractivity contribution >= 4 is 17.5 Å². The number of fused-ring (bicyclic) bond motifs is 1. The van der Waals surface area contributed by atoms with Crippen molar-refractivity contribution < 1.29 is 32.5 Å². The van der Waals surface area contributed by atoms with E-state index in [0.717, 1.165) is 31.4 Å². The molecule has 1 heterocycles. The lowest BCUT2D eigenvalue weighted by molar-refractivity contribution is -0.0521. The first kappa shape index (κ1) is 25.4. The molecular formula is C27H24ClF3N2O4. The van der Waals surface area contributed by atoms with E-state index in [1.807, 2.05) is 30.3 Å². The summed E-state index contributed by atoms with van der Waals surface area (Å²) in [5, 5.41) is 15.2. The minimum absolute atomic E-state index is 0.0344. The van der Waals surface area contributed by atoms with Crippen LogP contribution in [-0.4, -0.2) is 30.2 Å². The summed E-state index contributed by atoms with van der Waals surface area (Å²) in [6, 6.07) is 14.3. The van der Waals surface area contributed by atoms with Gasteiger partial charge in [0.25, 0.3) is 0 Å². The van der Waals surface area contributed by atoms with E-state index < -0.39 is 41.4 Å². The first-order valence-corrected chi connectivity index (χ1v) is 12.2. The second-order valence-corrected chi connectivity index (χ2v) is 9.55. The molecule has 0 saturated heterocycles. The highest BCUT2D eigenvalue weighted by molar-refractivity contribution is 6.34. The van der Waals surface area contributed by atoms with Crippen LogP contribution in [0.25, 0.3) is 11.1 Å². The summed E-state index contributed by atoms with van der Waals surface area (Å²) in [7, 11) is 0. The van der Waals surface area contributed by atoms with Crippen LogP contribution in [0.15, 0.2) is 54.6 Å². The standard InChI is InChI=1S/C27H24ClF3N2O4/c28-17-10-12-18-22(21(17)20-16(25(32)35)9-11-19(23(20)29)36-26(30)31)24(34)27(37-18,13-33-15-7-4-8-15)14-5-2-1-3-6-14/h1-3,5-6,9-12,15,24,26,33-34H,4,7-8,13H2,(H2,32,35). The van der Waals surface area contributed by atoms with Crippen molar-refractivity contribution in [2.75, 3.05) is 6.54 Å². The Bertz CT molecular complexity index is 1340. The lowest BCUT2D eigenvalue weighted by Gasteiger charge is -2.36. The smallest absolute Gasteiger partial charge is 0.387 e. The highest BCUT2D eigenvalue weighted by Crippen LogP contribution is 2.55. The van der Waals surface area contributed by atoms with Gasteiger partial charge in [-0.25, -0.2) is 4.39 Å². The Morgan fingerprint density at radius 2 is 1.89 bits per heavy atom. The van der Waals surface area contributed by atoms with E-state index in [9.17, 15) is 18.7 Å². The Labute approximate surface area is 216 Å². The highest BCUT2D eigenvalue weighted by atomic mass is 35.5. The van der Waals surface area contributed by atoms with Crippen LogP contribution in [0.4, 0.5) is 13.2 Å². The number of aliphatic hydroxyl groups is 1. The molecule has 1 aliphatic carbocycles. The minimum Gasteiger partial charge on any atom is -0.478 e. The van der Waals surface area contributed by atoms with Crippen molar-refractivity contribution in [3.05, 3.63) is 82.1 Å². The fraction of sp³-hybridized carbons (Fsp3) is 0.296. The van der Waals surface area contributed by atoms with Gasteiger partial charge in [-0.1, -0.05) is 48.4 Å². The van der Waals surface area contributed by atoms with Crippen LogP contribution in [0.5, 0.6) is 11.5 Å². The lowest BCUT2D eigenvalue weighted by Crippen LogP contribution is -2.49. The van der Waals surface area contributed by atoms with E-state index >= 15 is 4.39 Å². The molecule has 2 atom stereocenters. The average Bonchev–Trinajstić information content (AvgIpc) is 3.12. The number of carbonyl (C=O) groups excluding carboxylic acids is 1. The Balaban J connectivity index is 1.70. The Hall–Kier alpha value is -3.27. The summed E-state index contributed by atoms with van der Waals surface area (Å²) in [4.78, 5) is 12.3. The zero-order valence-corrected chi connectivity index (χ0v) is 20.3. The van der Waals surface area contributed by atoms with Crippen LogP contribution < -0.4 is 20.5 Å². The van der Waals surface area contributed by atoms with Crippen molar-refractivity contribution in [3.8, 4) is 22.6 Å². The van der Waals surface area contributed by atoms with E-state index in [1.165, 1.54) is 6.07 Å². The second-order valence-electron chi connectivity index (χ2n) is 9.15. The van der Waals surface area contributed by atoms with Gasteiger partial charge in [0.2, 0.25) is 5.91 Å². The number of alkyl halides is 2. The monoisotopic (exact) mass is 532 g/mol. The molecule has 3 aromatic rings. The van der Waals surface area contributed by atoms with Crippen LogP contribution in [0.2, 0.25) is 5.02 Å². The Kier molecular flexibility index (Phi) is 6.78. The van der Waals surface area contributed by atoms with Gasteiger partial charge in [0, 0.05) is 34.3 Å². The Morgan fingerprint density at radius 1 is 1.16 bits per heavy atom. The number of primary amides is 1. The molecular weight excluding hydrogens is 509 g/mol. The number of ether oxygens (including phenoxy) is 2. The molecule has 2 aliphatic rings. The number of nitrogens with two attached hydrogens (primary N) is 1. The molecule has 1 aliphatic heterocycles. The van der Waals surface area contributed by atoms with E-state index in [-0.39, 0.29) is 40.0 Å². The normalized spacial score (nSPS) is 20.9. The van der Waals surface area contributed by atoms with Gasteiger partial charge in [0.1, 0.15) is 11.9 Å². The topological polar surface area (TPSA) is 93.8 Å². The average molecular weight is 533 g/mol. The van der Waals surface area contributed by atoms with Gasteiger partial charge in [0.05, 0.1) is 5.56 Å². The molecule has 6 nitrogen and oxygen atoms in total. The molecule has 1 saturated carbocycles. The molecule has 37 heavy (non-hydrogen) atoms. The molecule has 3 aromatic carbocycles. The third-order valence-electron chi connectivity index (χ3n) is 7.02. The lowest BCUT2D eigenvalue weighted by atomic mass is 9.82. The van der Waals surface area contributed by atoms with Crippen LogP contribution in [-0.2, 0) is 5.60 Å². The Morgan fingerprint density at radius 3 is 2.51 bits per heavy atom. The second kappa shape index (κ2) is 9.89. The van der Waals surface area contributed by atoms with E-state index in [2.05, 4.69) is 10.1 Å².